The predicted octanol–water partition coefficient (Wildman–Crippen LogP) is 4.11. The third kappa shape index (κ3) is 5.56. The zero-order chi connectivity index (χ0) is 23.3. The summed E-state index contributed by atoms with van der Waals surface area (Å²) in [4.78, 5) is 12.6. The van der Waals surface area contributed by atoms with Crippen LogP contribution in [0.1, 0.15) is 25.0 Å². The van der Waals surface area contributed by atoms with E-state index in [2.05, 4.69) is 15.5 Å². The zero-order valence-electron chi connectivity index (χ0n) is 18.5. The van der Waals surface area contributed by atoms with Crippen LogP contribution in [0.15, 0.2) is 57.0 Å². The van der Waals surface area contributed by atoms with Crippen LogP contribution in [0.25, 0.3) is 11.5 Å². The van der Waals surface area contributed by atoms with Gasteiger partial charge in [-0.1, -0.05) is 49.4 Å². The highest BCUT2D eigenvalue weighted by atomic mass is 32.2. The second-order valence-corrected chi connectivity index (χ2v) is 9.98. The second-order valence-electron chi connectivity index (χ2n) is 7.15. The summed E-state index contributed by atoms with van der Waals surface area (Å²) < 4.78 is 32.8. The largest absolute Gasteiger partial charge is 0.411 e. The Balaban J connectivity index is 1.66. The van der Waals surface area contributed by atoms with Gasteiger partial charge in [-0.3, -0.25) is 4.79 Å². The number of hydrogen-bond acceptors (Lipinski definition) is 7. The van der Waals surface area contributed by atoms with Crippen LogP contribution in [0.5, 0.6) is 0 Å². The van der Waals surface area contributed by atoms with E-state index in [4.69, 9.17) is 4.42 Å². The minimum absolute atomic E-state index is 0.0431. The van der Waals surface area contributed by atoms with Gasteiger partial charge in [0.05, 0.1) is 10.6 Å². The number of hydrogen-bond donors (Lipinski definition) is 1. The van der Waals surface area contributed by atoms with E-state index in [1.807, 2.05) is 31.2 Å². The van der Waals surface area contributed by atoms with Crippen LogP contribution in [0.2, 0.25) is 0 Å². The number of nitrogens with zero attached hydrogens (tertiary/aromatic N) is 3. The molecule has 8 nitrogen and oxygen atoms in total. The molecule has 1 N–H and O–H groups in total. The summed E-state index contributed by atoms with van der Waals surface area (Å²) in [6.45, 7) is 8.05. The van der Waals surface area contributed by atoms with Crippen LogP contribution in [-0.2, 0) is 14.8 Å². The van der Waals surface area contributed by atoms with E-state index in [-0.39, 0.29) is 21.8 Å². The Morgan fingerprint density at radius 3 is 2.53 bits per heavy atom. The summed E-state index contributed by atoms with van der Waals surface area (Å²) in [6.07, 6.45) is 0. The summed E-state index contributed by atoms with van der Waals surface area (Å²) in [7, 11) is -3.63. The molecule has 0 fully saturated rings. The van der Waals surface area contributed by atoms with Crippen molar-refractivity contribution >= 4 is 33.4 Å². The molecule has 10 heteroatoms. The van der Waals surface area contributed by atoms with Gasteiger partial charge >= 0.3 is 0 Å². The number of benzene rings is 2. The summed E-state index contributed by atoms with van der Waals surface area (Å²) in [5, 5.41) is 11.0. The molecule has 170 valence electrons. The highest BCUT2D eigenvalue weighted by molar-refractivity contribution is 7.99. The Hall–Kier alpha value is -2.69. The molecular formula is C22H26N4O4S2. The molecule has 2 aromatic carbocycles. The van der Waals surface area contributed by atoms with Crippen molar-refractivity contribution in [2.45, 2.75) is 37.8 Å². The summed E-state index contributed by atoms with van der Waals surface area (Å²) >= 11 is 1.11. The average Bonchev–Trinajstić information content (AvgIpc) is 3.23. The van der Waals surface area contributed by atoms with Crippen molar-refractivity contribution < 1.29 is 17.6 Å². The van der Waals surface area contributed by atoms with Gasteiger partial charge in [0.1, 0.15) is 0 Å². The van der Waals surface area contributed by atoms with Crippen LogP contribution >= 0.6 is 11.8 Å². The fraction of sp³-hybridized carbons (Fsp3) is 0.318. The van der Waals surface area contributed by atoms with Gasteiger partial charge in [-0.05, 0) is 43.7 Å². The number of aryl methyl sites for hydroxylation is 2. The first-order valence-electron chi connectivity index (χ1n) is 10.2. The van der Waals surface area contributed by atoms with Gasteiger partial charge in [0, 0.05) is 24.3 Å². The van der Waals surface area contributed by atoms with Gasteiger partial charge in [-0.15, -0.1) is 10.2 Å². The van der Waals surface area contributed by atoms with Crippen molar-refractivity contribution in [3.8, 4) is 11.5 Å². The Kier molecular flexibility index (Phi) is 7.70. The number of anilines is 1. The molecule has 0 radical (unpaired) electrons. The SMILES string of the molecule is CCN(CC)S(=O)(=O)c1cc(NC(=O)CSc2nnc(-c3cccc(C)c3)o2)ccc1C. The Labute approximate surface area is 192 Å². The van der Waals surface area contributed by atoms with E-state index in [1.54, 1.807) is 32.9 Å². The molecule has 3 rings (SSSR count). The van der Waals surface area contributed by atoms with Crippen molar-refractivity contribution in [3.05, 3.63) is 53.6 Å². The molecule has 0 aliphatic carbocycles. The number of rotatable bonds is 9. The standard InChI is InChI=1S/C22H26N4O4S2/c1-5-26(6-2)32(28,29)19-13-18(11-10-16(19)4)23-20(27)14-31-22-25-24-21(30-22)17-9-7-8-15(3)12-17/h7-13H,5-6,14H2,1-4H3,(H,23,27). The molecule has 0 spiro atoms. The van der Waals surface area contributed by atoms with Crippen LogP contribution in [0.4, 0.5) is 5.69 Å². The van der Waals surface area contributed by atoms with Gasteiger partial charge < -0.3 is 9.73 Å². The highest BCUT2D eigenvalue weighted by Gasteiger charge is 2.24. The molecule has 0 aliphatic heterocycles. The molecule has 1 aromatic heterocycles. The number of thioether (sulfide) groups is 1. The maximum Gasteiger partial charge on any atom is 0.277 e. The van der Waals surface area contributed by atoms with Crippen molar-refractivity contribution in [1.82, 2.24) is 14.5 Å². The molecule has 0 aliphatic rings. The first kappa shape index (κ1) is 24.0. The monoisotopic (exact) mass is 474 g/mol. The van der Waals surface area contributed by atoms with E-state index >= 15 is 0 Å². The van der Waals surface area contributed by atoms with E-state index in [1.165, 1.54) is 10.4 Å². The van der Waals surface area contributed by atoms with E-state index in [9.17, 15) is 13.2 Å². The second kappa shape index (κ2) is 10.3. The first-order chi connectivity index (χ1) is 15.2. The third-order valence-electron chi connectivity index (χ3n) is 4.79. The van der Waals surface area contributed by atoms with E-state index in [0.29, 0.717) is 30.2 Å². The fourth-order valence-corrected chi connectivity index (χ4v) is 5.42. The van der Waals surface area contributed by atoms with Gasteiger partial charge in [0.15, 0.2) is 0 Å². The molecule has 3 aromatic rings. The predicted molar refractivity (Wildman–Crippen MR) is 125 cm³/mol. The normalized spacial score (nSPS) is 11.7. The topological polar surface area (TPSA) is 105 Å². The van der Waals surface area contributed by atoms with Gasteiger partial charge in [0.2, 0.25) is 21.8 Å². The molecule has 1 heterocycles. The molecule has 1 amide bonds. The summed E-state index contributed by atoms with van der Waals surface area (Å²) in [5.74, 6) is 0.128. The van der Waals surface area contributed by atoms with Gasteiger partial charge in [0.25, 0.3) is 5.22 Å². The number of aromatic nitrogens is 2. The lowest BCUT2D eigenvalue weighted by Crippen LogP contribution is -2.31. The van der Waals surface area contributed by atoms with Gasteiger partial charge in [-0.2, -0.15) is 4.31 Å². The summed E-state index contributed by atoms with van der Waals surface area (Å²) in [5.41, 5.74) is 2.93. The van der Waals surface area contributed by atoms with Crippen molar-refractivity contribution in [1.29, 1.82) is 0 Å². The third-order valence-corrected chi connectivity index (χ3v) is 7.80. The average molecular weight is 475 g/mol. The Bertz CT molecular complexity index is 1200. The highest BCUT2D eigenvalue weighted by Crippen LogP contribution is 2.26. The molecule has 0 atom stereocenters. The van der Waals surface area contributed by atoms with E-state index < -0.39 is 10.0 Å². The lowest BCUT2D eigenvalue weighted by atomic mass is 10.1. The minimum Gasteiger partial charge on any atom is -0.411 e. The van der Waals surface area contributed by atoms with Crippen LogP contribution in [-0.4, -0.2) is 47.7 Å². The first-order valence-corrected chi connectivity index (χ1v) is 12.6. The van der Waals surface area contributed by atoms with Crippen LogP contribution < -0.4 is 5.32 Å². The number of carbonyl (C=O) groups is 1. The molecule has 0 bridgehead atoms. The van der Waals surface area contributed by atoms with Crippen LogP contribution in [0, 0.1) is 13.8 Å². The number of amides is 1. The van der Waals surface area contributed by atoms with E-state index in [0.717, 1.165) is 22.9 Å². The lowest BCUT2D eigenvalue weighted by Gasteiger charge is -2.20. The summed E-state index contributed by atoms with van der Waals surface area (Å²) in [6, 6.07) is 12.6. The Morgan fingerprint density at radius 2 is 1.84 bits per heavy atom. The number of nitrogens with one attached hydrogen (secondary N) is 1. The van der Waals surface area contributed by atoms with Crippen molar-refractivity contribution in [2.75, 3.05) is 24.2 Å². The smallest absolute Gasteiger partial charge is 0.277 e. The fourth-order valence-electron chi connectivity index (χ4n) is 3.15. The number of sulfonamides is 1. The molecule has 0 unspecified atom stereocenters. The maximum atomic E-state index is 12.9. The Morgan fingerprint density at radius 1 is 1.09 bits per heavy atom. The minimum atomic E-state index is -3.63. The molecule has 0 saturated heterocycles. The molecule has 32 heavy (non-hydrogen) atoms. The van der Waals surface area contributed by atoms with Crippen molar-refractivity contribution in [3.63, 3.8) is 0 Å². The van der Waals surface area contributed by atoms with Gasteiger partial charge in [-0.25, -0.2) is 8.42 Å². The number of carbonyl (C=O) groups excluding carboxylic acids is 1. The van der Waals surface area contributed by atoms with Crippen LogP contribution in [0.3, 0.4) is 0 Å². The maximum absolute atomic E-state index is 12.9. The quantitative estimate of drug-likeness (QED) is 0.465. The molecular weight excluding hydrogens is 448 g/mol. The zero-order valence-corrected chi connectivity index (χ0v) is 20.1. The lowest BCUT2D eigenvalue weighted by molar-refractivity contribution is -0.113. The molecule has 0 saturated carbocycles. The van der Waals surface area contributed by atoms with Crippen molar-refractivity contribution in [2.24, 2.45) is 0 Å².